The zero-order chi connectivity index (χ0) is 14.9. The van der Waals surface area contributed by atoms with Crippen molar-refractivity contribution >= 4 is 11.9 Å². The van der Waals surface area contributed by atoms with Gasteiger partial charge in [0, 0.05) is 13.1 Å². The van der Waals surface area contributed by atoms with Crippen LogP contribution in [0.3, 0.4) is 0 Å². The molecule has 2 rings (SSSR count). The summed E-state index contributed by atoms with van der Waals surface area (Å²) in [4.78, 5) is 16.9. The molecule has 8 heteroatoms. The summed E-state index contributed by atoms with van der Waals surface area (Å²) in [5, 5.41) is 10.4. The van der Waals surface area contributed by atoms with E-state index in [1.165, 1.54) is 30.3 Å². The first-order chi connectivity index (χ1) is 10.3. The molecule has 0 fully saturated rings. The number of hydrogen-bond donors (Lipinski definition) is 2. The van der Waals surface area contributed by atoms with Gasteiger partial charge < -0.3 is 10.6 Å². The highest BCUT2D eigenvalue weighted by Gasteiger charge is 2.08. The van der Waals surface area contributed by atoms with Gasteiger partial charge in [-0.15, -0.1) is 0 Å². The highest BCUT2D eigenvalue weighted by atomic mass is 15.4. The molecule has 0 aliphatic carbocycles. The minimum atomic E-state index is 0.453. The minimum absolute atomic E-state index is 0.453. The topological polar surface area (TPSA) is 93.4 Å². The lowest BCUT2D eigenvalue weighted by atomic mass is 10.2. The molecule has 2 N–H and O–H groups in total. The molecule has 0 aliphatic rings. The molecule has 2 aromatic rings. The van der Waals surface area contributed by atoms with Gasteiger partial charge in [0.15, 0.2) is 0 Å². The molecule has 0 amide bonds. The molecule has 8 nitrogen and oxygen atoms in total. The van der Waals surface area contributed by atoms with Crippen LogP contribution in [0.1, 0.15) is 39.5 Å². The third kappa shape index (κ3) is 4.66. The summed E-state index contributed by atoms with van der Waals surface area (Å²) < 4.78 is 1.52. The van der Waals surface area contributed by atoms with Crippen LogP contribution in [-0.4, -0.2) is 42.8 Å². The van der Waals surface area contributed by atoms with Crippen molar-refractivity contribution in [1.29, 1.82) is 0 Å². The Morgan fingerprint density at radius 1 is 1.00 bits per heavy atom. The highest BCUT2D eigenvalue weighted by Crippen LogP contribution is 2.09. The van der Waals surface area contributed by atoms with Crippen LogP contribution < -0.4 is 10.6 Å². The lowest BCUT2D eigenvalue weighted by molar-refractivity contribution is 0.682. The maximum Gasteiger partial charge on any atom is 0.258 e. The summed E-state index contributed by atoms with van der Waals surface area (Å²) in [6.45, 7) is 5.80. The number of nitrogens with zero attached hydrogens (tertiary/aromatic N) is 6. The molecule has 0 saturated heterocycles. The fraction of sp³-hybridized carbons (Fsp3) is 0.615. The van der Waals surface area contributed by atoms with E-state index in [4.69, 9.17) is 0 Å². The number of hydrogen-bond acceptors (Lipinski definition) is 7. The molecular weight excluding hydrogens is 268 g/mol. The maximum atomic E-state index is 4.36. The fourth-order valence-corrected chi connectivity index (χ4v) is 1.85. The number of aromatic nitrogens is 6. The van der Waals surface area contributed by atoms with Crippen LogP contribution in [0.2, 0.25) is 0 Å². The standard InChI is InChI=1S/C13H22N8/c1-3-5-6-7-8-16-12-18-11(15-4-2)19-13(20-12)21-10-14-9-17-21/h9-10H,3-8H2,1-2H3,(H2,15,16,18,19,20). The van der Waals surface area contributed by atoms with Crippen LogP contribution in [0.15, 0.2) is 12.7 Å². The second-order valence-corrected chi connectivity index (χ2v) is 4.64. The Morgan fingerprint density at radius 2 is 1.81 bits per heavy atom. The normalized spacial score (nSPS) is 10.6. The van der Waals surface area contributed by atoms with E-state index < -0.39 is 0 Å². The third-order valence-electron chi connectivity index (χ3n) is 2.90. The number of anilines is 2. The average molecular weight is 290 g/mol. The van der Waals surface area contributed by atoms with E-state index >= 15 is 0 Å². The minimum Gasteiger partial charge on any atom is -0.354 e. The first kappa shape index (κ1) is 15.1. The molecule has 0 bridgehead atoms. The second-order valence-electron chi connectivity index (χ2n) is 4.64. The van der Waals surface area contributed by atoms with Gasteiger partial charge in [0.05, 0.1) is 0 Å². The highest BCUT2D eigenvalue weighted by molar-refractivity contribution is 5.37. The lowest BCUT2D eigenvalue weighted by Gasteiger charge is -2.09. The predicted octanol–water partition coefficient (Wildman–Crippen LogP) is 1.88. The summed E-state index contributed by atoms with van der Waals surface area (Å²) in [5.41, 5.74) is 0. The van der Waals surface area contributed by atoms with Crippen LogP contribution >= 0.6 is 0 Å². The van der Waals surface area contributed by atoms with Gasteiger partial charge >= 0.3 is 0 Å². The largest absolute Gasteiger partial charge is 0.354 e. The predicted molar refractivity (Wildman–Crippen MR) is 81.5 cm³/mol. The Kier molecular flexibility index (Phi) is 5.86. The van der Waals surface area contributed by atoms with Gasteiger partial charge in [-0.3, -0.25) is 0 Å². The van der Waals surface area contributed by atoms with Gasteiger partial charge in [0.2, 0.25) is 11.9 Å². The van der Waals surface area contributed by atoms with Crippen molar-refractivity contribution < 1.29 is 0 Å². The first-order valence-corrected chi connectivity index (χ1v) is 7.42. The maximum absolute atomic E-state index is 4.36. The van der Waals surface area contributed by atoms with E-state index in [0.29, 0.717) is 17.8 Å². The van der Waals surface area contributed by atoms with Crippen molar-refractivity contribution in [3.05, 3.63) is 12.7 Å². The van der Waals surface area contributed by atoms with Crippen LogP contribution in [0.25, 0.3) is 5.95 Å². The van der Waals surface area contributed by atoms with E-state index in [-0.39, 0.29) is 0 Å². The molecule has 0 radical (unpaired) electrons. The van der Waals surface area contributed by atoms with Crippen LogP contribution in [-0.2, 0) is 0 Å². The Hall–Kier alpha value is -2.25. The lowest BCUT2D eigenvalue weighted by Crippen LogP contribution is -2.13. The van der Waals surface area contributed by atoms with E-state index in [1.54, 1.807) is 6.33 Å². The summed E-state index contributed by atoms with van der Waals surface area (Å²) in [7, 11) is 0. The van der Waals surface area contributed by atoms with Gasteiger partial charge in [-0.1, -0.05) is 26.2 Å². The van der Waals surface area contributed by atoms with Crippen LogP contribution in [0.4, 0.5) is 11.9 Å². The van der Waals surface area contributed by atoms with Crippen molar-refractivity contribution in [3.63, 3.8) is 0 Å². The molecule has 0 spiro atoms. The molecule has 114 valence electrons. The molecule has 2 heterocycles. The Bertz CT molecular complexity index is 525. The first-order valence-electron chi connectivity index (χ1n) is 7.42. The molecule has 21 heavy (non-hydrogen) atoms. The van der Waals surface area contributed by atoms with Gasteiger partial charge in [0.25, 0.3) is 5.95 Å². The van der Waals surface area contributed by atoms with Crippen molar-refractivity contribution in [1.82, 2.24) is 29.7 Å². The molecule has 0 aliphatic heterocycles. The Balaban J connectivity index is 2.05. The van der Waals surface area contributed by atoms with Crippen molar-refractivity contribution in [2.45, 2.75) is 39.5 Å². The average Bonchev–Trinajstić information content (AvgIpc) is 3.01. The second kappa shape index (κ2) is 8.13. The van der Waals surface area contributed by atoms with Gasteiger partial charge in [0.1, 0.15) is 12.7 Å². The van der Waals surface area contributed by atoms with E-state index in [0.717, 1.165) is 19.5 Å². The van der Waals surface area contributed by atoms with Crippen molar-refractivity contribution in [2.24, 2.45) is 0 Å². The van der Waals surface area contributed by atoms with E-state index in [9.17, 15) is 0 Å². The Morgan fingerprint density at radius 3 is 2.48 bits per heavy atom. The smallest absolute Gasteiger partial charge is 0.258 e. The van der Waals surface area contributed by atoms with E-state index in [1.807, 2.05) is 6.92 Å². The number of unbranched alkanes of at least 4 members (excludes halogenated alkanes) is 3. The quantitative estimate of drug-likeness (QED) is 0.681. The zero-order valence-electron chi connectivity index (χ0n) is 12.6. The summed E-state index contributed by atoms with van der Waals surface area (Å²) in [5.74, 6) is 1.55. The van der Waals surface area contributed by atoms with Gasteiger partial charge in [-0.25, -0.2) is 4.98 Å². The number of rotatable bonds is 9. The van der Waals surface area contributed by atoms with Crippen molar-refractivity contribution in [2.75, 3.05) is 23.7 Å². The van der Waals surface area contributed by atoms with Crippen LogP contribution in [0, 0.1) is 0 Å². The SMILES string of the molecule is CCCCCCNc1nc(NCC)nc(-n2cncn2)n1. The van der Waals surface area contributed by atoms with Gasteiger partial charge in [-0.2, -0.15) is 24.7 Å². The van der Waals surface area contributed by atoms with Gasteiger partial charge in [-0.05, 0) is 13.3 Å². The molecule has 0 unspecified atom stereocenters. The molecule has 0 atom stereocenters. The van der Waals surface area contributed by atoms with Crippen LogP contribution in [0.5, 0.6) is 0 Å². The molecular formula is C13H22N8. The number of nitrogens with one attached hydrogen (secondary N) is 2. The molecule has 2 aromatic heterocycles. The fourth-order valence-electron chi connectivity index (χ4n) is 1.85. The van der Waals surface area contributed by atoms with E-state index in [2.05, 4.69) is 42.6 Å². The monoisotopic (exact) mass is 290 g/mol. The molecule has 0 aromatic carbocycles. The molecule has 0 saturated carbocycles. The summed E-state index contributed by atoms with van der Waals surface area (Å²) >= 11 is 0. The zero-order valence-corrected chi connectivity index (χ0v) is 12.6. The third-order valence-corrected chi connectivity index (χ3v) is 2.90. The summed E-state index contributed by atoms with van der Waals surface area (Å²) in [6, 6.07) is 0. The van der Waals surface area contributed by atoms with Crippen molar-refractivity contribution in [3.8, 4) is 5.95 Å². The summed E-state index contributed by atoms with van der Waals surface area (Å²) in [6.07, 6.45) is 7.82. The Labute approximate surface area is 124 Å².